The summed E-state index contributed by atoms with van der Waals surface area (Å²) >= 11 is 1.24. The van der Waals surface area contributed by atoms with Crippen LogP contribution in [-0.2, 0) is 26.5 Å². The molecule has 158 valence electrons. The summed E-state index contributed by atoms with van der Waals surface area (Å²) in [6.45, 7) is 0.714. The fourth-order valence-electron chi connectivity index (χ4n) is 3.14. The number of hydrogen-bond donors (Lipinski definition) is 2. The van der Waals surface area contributed by atoms with E-state index in [1.54, 1.807) is 30.3 Å². The van der Waals surface area contributed by atoms with Gasteiger partial charge in [-0.3, -0.25) is 4.79 Å². The first-order valence-electron chi connectivity index (χ1n) is 8.94. The highest BCUT2D eigenvalue weighted by Crippen LogP contribution is 2.42. The molecule has 0 aromatic heterocycles. The summed E-state index contributed by atoms with van der Waals surface area (Å²) in [4.78, 5) is 15.2. The van der Waals surface area contributed by atoms with Crippen molar-refractivity contribution in [2.75, 3.05) is 23.7 Å². The van der Waals surface area contributed by atoms with Gasteiger partial charge in [0, 0.05) is 23.5 Å². The SMILES string of the molecule is NS(=O)(=O)c1ccc(CCNC(=O)c2ccc3c(c2)SC2=NS(=O)(=O)CCN23)cc1. The molecule has 2 aromatic rings. The average Bonchev–Trinajstić information content (AvgIpc) is 3.02. The molecule has 0 aliphatic carbocycles. The lowest BCUT2D eigenvalue weighted by Crippen LogP contribution is -2.35. The number of fused-ring (bicyclic) bond motifs is 3. The molecule has 2 heterocycles. The Kier molecular flexibility index (Phi) is 5.34. The maximum absolute atomic E-state index is 12.5. The highest BCUT2D eigenvalue weighted by Gasteiger charge is 2.33. The van der Waals surface area contributed by atoms with Crippen LogP contribution in [0.4, 0.5) is 5.69 Å². The van der Waals surface area contributed by atoms with Crippen molar-refractivity contribution in [3.8, 4) is 0 Å². The Balaban J connectivity index is 1.39. The second-order valence-electron chi connectivity index (χ2n) is 6.79. The highest BCUT2D eigenvalue weighted by atomic mass is 32.2. The van der Waals surface area contributed by atoms with Gasteiger partial charge in [-0.05, 0) is 54.1 Å². The first-order valence-corrected chi connectivity index (χ1v) is 12.9. The van der Waals surface area contributed by atoms with Gasteiger partial charge < -0.3 is 10.2 Å². The van der Waals surface area contributed by atoms with E-state index >= 15 is 0 Å². The van der Waals surface area contributed by atoms with E-state index in [9.17, 15) is 21.6 Å². The minimum atomic E-state index is -3.73. The lowest BCUT2D eigenvalue weighted by Gasteiger charge is -2.22. The maximum atomic E-state index is 12.5. The number of nitrogens with two attached hydrogens (primary N) is 1. The Hall–Kier alpha value is -2.41. The zero-order valence-electron chi connectivity index (χ0n) is 15.6. The summed E-state index contributed by atoms with van der Waals surface area (Å²) in [5.41, 5.74) is 2.18. The molecule has 0 unspecified atom stereocenters. The van der Waals surface area contributed by atoms with E-state index in [2.05, 4.69) is 9.71 Å². The van der Waals surface area contributed by atoms with Crippen molar-refractivity contribution in [1.82, 2.24) is 5.32 Å². The van der Waals surface area contributed by atoms with Crippen molar-refractivity contribution < 1.29 is 21.6 Å². The Labute approximate surface area is 178 Å². The van der Waals surface area contributed by atoms with Crippen LogP contribution in [-0.4, -0.2) is 46.8 Å². The summed E-state index contributed by atoms with van der Waals surface area (Å²) in [6.07, 6.45) is 0.527. The number of nitrogens with zero attached hydrogens (tertiary/aromatic N) is 2. The van der Waals surface area contributed by atoms with Crippen LogP contribution in [0.5, 0.6) is 0 Å². The zero-order chi connectivity index (χ0) is 21.5. The molecule has 0 spiro atoms. The highest BCUT2D eigenvalue weighted by molar-refractivity contribution is 8.15. The molecule has 0 saturated carbocycles. The second kappa shape index (κ2) is 7.69. The number of amides is 1. The lowest BCUT2D eigenvalue weighted by atomic mass is 10.1. The number of sulfonamides is 2. The monoisotopic (exact) mass is 466 g/mol. The third kappa shape index (κ3) is 4.36. The number of thioether (sulfide) groups is 1. The number of carbonyl (C=O) groups excluding carboxylic acids is 1. The average molecular weight is 467 g/mol. The molecule has 2 aliphatic rings. The third-order valence-corrected chi connectivity index (χ3v) is 7.92. The first kappa shape index (κ1) is 20.8. The van der Waals surface area contributed by atoms with Gasteiger partial charge in [-0.15, -0.1) is 4.40 Å². The van der Waals surface area contributed by atoms with Gasteiger partial charge in [-0.1, -0.05) is 12.1 Å². The summed E-state index contributed by atoms with van der Waals surface area (Å²) in [6, 6.07) is 11.4. The van der Waals surface area contributed by atoms with Gasteiger partial charge in [-0.2, -0.15) is 0 Å². The molecule has 3 N–H and O–H groups in total. The lowest BCUT2D eigenvalue weighted by molar-refractivity contribution is 0.0954. The van der Waals surface area contributed by atoms with Gasteiger partial charge >= 0.3 is 0 Å². The molecule has 2 aromatic carbocycles. The van der Waals surface area contributed by atoms with Crippen LogP contribution in [0.15, 0.2) is 56.7 Å². The van der Waals surface area contributed by atoms with E-state index in [0.717, 1.165) is 16.1 Å². The number of primary sulfonamides is 1. The standard InChI is InChI=1S/C18H18N4O5S3/c19-30(26,27)14-4-1-12(2-5-14)7-8-20-17(23)13-3-6-15-16(11-13)28-18-21-29(24,25)10-9-22(15)18/h1-6,11H,7-10H2,(H,20,23)(H2,19,26,27). The smallest absolute Gasteiger partial charge is 0.257 e. The molecule has 2 aliphatic heterocycles. The Bertz CT molecular complexity index is 1260. The summed E-state index contributed by atoms with van der Waals surface area (Å²) < 4.78 is 49.7. The second-order valence-corrected chi connectivity index (χ2v) is 11.1. The maximum Gasteiger partial charge on any atom is 0.257 e. The van der Waals surface area contributed by atoms with E-state index in [1.807, 2.05) is 4.90 Å². The number of carbonyl (C=O) groups is 1. The Morgan fingerprint density at radius 1 is 1.20 bits per heavy atom. The fraction of sp³-hybridized carbons (Fsp3) is 0.222. The number of nitrogens with one attached hydrogen (secondary N) is 1. The van der Waals surface area contributed by atoms with Gasteiger partial charge in [-0.25, -0.2) is 22.0 Å². The van der Waals surface area contributed by atoms with Gasteiger partial charge in [0.2, 0.25) is 10.0 Å². The van der Waals surface area contributed by atoms with Crippen LogP contribution in [0.1, 0.15) is 15.9 Å². The summed E-state index contributed by atoms with van der Waals surface area (Å²) in [5.74, 6) is -0.282. The first-order chi connectivity index (χ1) is 14.1. The van der Waals surface area contributed by atoms with E-state index < -0.39 is 20.0 Å². The molecular formula is C18H18N4O5S3. The molecular weight excluding hydrogens is 448 g/mol. The molecule has 30 heavy (non-hydrogen) atoms. The minimum absolute atomic E-state index is 0.0308. The molecule has 0 fully saturated rings. The molecule has 0 saturated heterocycles. The normalized spacial score (nSPS) is 17.1. The predicted molar refractivity (Wildman–Crippen MR) is 115 cm³/mol. The fourth-order valence-corrected chi connectivity index (χ4v) is 5.95. The van der Waals surface area contributed by atoms with Crippen LogP contribution in [0.2, 0.25) is 0 Å². The Morgan fingerprint density at radius 3 is 2.63 bits per heavy atom. The number of amidine groups is 1. The van der Waals surface area contributed by atoms with Crippen molar-refractivity contribution in [2.45, 2.75) is 16.2 Å². The molecule has 9 nitrogen and oxygen atoms in total. The Morgan fingerprint density at radius 2 is 1.93 bits per heavy atom. The zero-order valence-corrected chi connectivity index (χ0v) is 18.1. The van der Waals surface area contributed by atoms with Gasteiger partial charge in [0.25, 0.3) is 15.9 Å². The molecule has 4 rings (SSSR count). The molecule has 1 amide bonds. The van der Waals surface area contributed by atoms with Crippen LogP contribution < -0.4 is 15.4 Å². The number of anilines is 1. The van der Waals surface area contributed by atoms with Crippen molar-refractivity contribution in [3.05, 3.63) is 53.6 Å². The van der Waals surface area contributed by atoms with Crippen molar-refractivity contribution in [2.24, 2.45) is 9.54 Å². The molecule has 0 radical (unpaired) electrons. The van der Waals surface area contributed by atoms with Crippen molar-refractivity contribution in [3.63, 3.8) is 0 Å². The number of rotatable bonds is 5. The van der Waals surface area contributed by atoms with Crippen LogP contribution in [0, 0.1) is 0 Å². The summed E-state index contributed by atoms with van der Waals surface area (Å²) in [5, 5.41) is 8.32. The van der Waals surface area contributed by atoms with Crippen LogP contribution in [0.25, 0.3) is 0 Å². The van der Waals surface area contributed by atoms with Gasteiger partial charge in [0.15, 0.2) is 5.17 Å². The number of hydrogen-bond acceptors (Lipinski definition) is 7. The summed E-state index contributed by atoms with van der Waals surface area (Å²) in [7, 11) is -7.15. The topological polar surface area (TPSA) is 139 Å². The van der Waals surface area contributed by atoms with E-state index in [-0.39, 0.29) is 16.6 Å². The molecule has 12 heteroatoms. The molecule has 0 bridgehead atoms. The van der Waals surface area contributed by atoms with Crippen molar-refractivity contribution in [1.29, 1.82) is 0 Å². The van der Waals surface area contributed by atoms with Crippen LogP contribution >= 0.6 is 11.8 Å². The largest absolute Gasteiger partial charge is 0.352 e. The third-order valence-electron chi connectivity index (χ3n) is 4.69. The van der Waals surface area contributed by atoms with E-state index in [0.29, 0.717) is 30.2 Å². The number of benzene rings is 2. The van der Waals surface area contributed by atoms with Gasteiger partial charge in [0.05, 0.1) is 16.3 Å². The predicted octanol–water partition coefficient (Wildman–Crippen LogP) is 0.918. The van der Waals surface area contributed by atoms with Gasteiger partial charge in [0.1, 0.15) is 0 Å². The van der Waals surface area contributed by atoms with E-state index in [4.69, 9.17) is 5.14 Å². The molecule has 0 atom stereocenters. The quantitative estimate of drug-likeness (QED) is 0.668. The van der Waals surface area contributed by atoms with E-state index in [1.165, 1.54) is 23.9 Å². The van der Waals surface area contributed by atoms with Crippen LogP contribution in [0.3, 0.4) is 0 Å². The van der Waals surface area contributed by atoms with Crippen molar-refractivity contribution >= 4 is 48.6 Å². The minimum Gasteiger partial charge on any atom is -0.352 e.